The van der Waals surface area contributed by atoms with Gasteiger partial charge in [0.15, 0.2) is 11.7 Å². The summed E-state index contributed by atoms with van der Waals surface area (Å²) in [6.45, 7) is 4.33. The summed E-state index contributed by atoms with van der Waals surface area (Å²) in [5, 5.41) is 0. The summed E-state index contributed by atoms with van der Waals surface area (Å²) in [5.74, 6) is 2.06. The molecule has 2 heterocycles. The number of hydrogen-bond donors (Lipinski definition) is 0. The predicted molar refractivity (Wildman–Crippen MR) is 75.0 cm³/mol. The first kappa shape index (κ1) is 12.7. The molecule has 102 valence electrons. The van der Waals surface area contributed by atoms with Crippen molar-refractivity contribution in [2.24, 2.45) is 0 Å². The normalized spacial score (nSPS) is 13.5. The fourth-order valence-electron chi connectivity index (χ4n) is 2.29. The van der Waals surface area contributed by atoms with Crippen LogP contribution in [0.5, 0.6) is 5.75 Å². The highest BCUT2D eigenvalue weighted by Crippen LogP contribution is 2.26. The first-order chi connectivity index (χ1) is 9.63. The minimum atomic E-state index is -0.0480. The summed E-state index contributed by atoms with van der Waals surface area (Å²) in [5.41, 5.74) is 2.55. The molecule has 0 aliphatic carbocycles. The number of carbonyl (C=O) groups excluding carboxylic acids is 1. The van der Waals surface area contributed by atoms with Crippen LogP contribution in [-0.4, -0.2) is 17.4 Å². The first-order valence-electron chi connectivity index (χ1n) is 6.55. The highest BCUT2D eigenvalue weighted by Gasteiger charge is 2.14. The van der Waals surface area contributed by atoms with Crippen LogP contribution < -0.4 is 4.74 Å². The summed E-state index contributed by atoms with van der Waals surface area (Å²) in [7, 11) is 0. The molecule has 2 aromatic rings. The van der Waals surface area contributed by atoms with Crippen LogP contribution in [0.4, 0.5) is 0 Å². The molecule has 0 spiro atoms. The van der Waals surface area contributed by atoms with Gasteiger partial charge in [0.2, 0.25) is 0 Å². The lowest BCUT2D eigenvalue weighted by atomic mass is 10.1. The second-order valence-electron chi connectivity index (χ2n) is 4.80. The molecule has 0 bridgehead atoms. The second kappa shape index (κ2) is 4.96. The van der Waals surface area contributed by atoms with Crippen LogP contribution in [0, 0.1) is 13.8 Å². The van der Waals surface area contributed by atoms with Crippen LogP contribution in [0.2, 0.25) is 0 Å². The van der Waals surface area contributed by atoms with Crippen molar-refractivity contribution in [1.82, 2.24) is 4.98 Å². The zero-order chi connectivity index (χ0) is 14.1. The van der Waals surface area contributed by atoms with Gasteiger partial charge in [0.05, 0.1) is 12.3 Å². The lowest BCUT2D eigenvalue weighted by Gasteiger charge is -2.00. The quantitative estimate of drug-likeness (QED) is 0.634. The molecule has 3 rings (SSSR count). The minimum absolute atomic E-state index is 0.0480. The van der Waals surface area contributed by atoms with Crippen molar-refractivity contribution in [2.75, 3.05) is 6.61 Å². The van der Waals surface area contributed by atoms with Gasteiger partial charge in [-0.3, -0.25) is 4.79 Å². The van der Waals surface area contributed by atoms with Crippen molar-refractivity contribution in [3.05, 3.63) is 52.7 Å². The van der Waals surface area contributed by atoms with Crippen molar-refractivity contribution in [3.8, 4) is 5.75 Å². The molecule has 0 saturated heterocycles. The number of allylic oxidation sites excluding steroid dienone is 1. The summed E-state index contributed by atoms with van der Waals surface area (Å²) < 4.78 is 10.8. The third kappa shape index (κ3) is 2.37. The molecule has 1 aromatic carbocycles. The first-order valence-corrected chi connectivity index (χ1v) is 6.55. The zero-order valence-corrected chi connectivity index (χ0v) is 11.5. The number of hydrogen-bond acceptors (Lipinski definition) is 4. The molecule has 1 aromatic heterocycles. The smallest absolute Gasteiger partial charge is 0.191 e. The van der Waals surface area contributed by atoms with E-state index in [-0.39, 0.29) is 5.78 Å². The molecular weight excluding hydrogens is 254 g/mol. The Morgan fingerprint density at radius 1 is 1.35 bits per heavy atom. The number of nitrogens with zero attached hydrogens (tertiary/aromatic N) is 1. The third-order valence-electron chi connectivity index (χ3n) is 3.30. The zero-order valence-electron chi connectivity index (χ0n) is 11.5. The average Bonchev–Trinajstić information content (AvgIpc) is 3.01. The van der Waals surface area contributed by atoms with E-state index < -0.39 is 0 Å². The molecule has 4 nitrogen and oxygen atoms in total. The van der Waals surface area contributed by atoms with Gasteiger partial charge in [0.25, 0.3) is 0 Å². The van der Waals surface area contributed by atoms with Crippen LogP contribution >= 0.6 is 0 Å². The molecule has 0 unspecified atom stereocenters. The van der Waals surface area contributed by atoms with E-state index in [4.69, 9.17) is 9.15 Å². The number of rotatable bonds is 3. The fourth-order valence-corrected chi connectivity index (χ4v) is 2.29. The van der Waals surface area contributed by atoms with E-state index in [0.29, 0.717) is 23.8 Å². The highest BCUT2D eigenvalue weighted by molar-refractivity contribution is 6.06. The number of aryl methyl sites for hydroxylation is 2. The van der Waals surface area contributed by atoms with Gasteiger partial charge in [0.1, 0.15) is 11.5 Å². The van der Waals surface area contributed by atoms with Gasteiger partial charge in [-0.2, -0.15) is 0 Å². The van der Waals surface area contributed by atoms with E-state index in [1.54, 1.807) is 19.1 Å². The molecule has 1 aliphatic rings. The Labute approximate surface area is 117 Å². The van der Waals surface area contributed by atoms with E-state index in [0.717, 1.165) is 23.4 Å². The standard InChI is InChI=1S/C16H15NO3/c1-10-15(20-11(2)17-10)6-4-14(18)12-3-5-16-13(9-12)7-8-19-16/h3-6,9H,7-8H2,1-2H3/b6-4+. The van der Waals surface area contributed by atoms with E-state index >= 15 is 0 Å². The van der Waals surface area contributed by atoms with Crippen molar-refractivity contribution >= 4 is 11.9 Å². The van der Waals surface area contributed by atoms with Gasteiger partial charge in [-0.1, -0.05) is 0 Å². The largest absolute Gasteiger partial charge is 0.493 e. The monoisotopic (exact) mass is 269 g/mol. The van der Waals surface area contributed by atoms with E-state index in [1.165, 1.54) is 6.08 Å². The number of aromatic nitrogens is 1. The van der Waals surface area contributed by atoms with Crippen molar-refractivity contribution in [3.63, 3.8) is 0 Å². The SMILES string of the molecule is Cc1nc(C)c(/C=C/C(=O)c2ccc3c(c2)CCO3)o1. The Bertz CT molecular complexity index is 698. The Hall–Kier alpha value is -2.36. The molecular formula is C16H15NO3. The predicted octanol–water partition coefficient (Wildman–Crippen LogP) is 3.12. The van der Waals surface area contributed by atoms with Gasteiger partial charge < -0.3 is 9.15 Å². The molecule has 0 saturated carbocycles. The van der Waals surface area contributed by atoms with Gasteiger partial charge >= 0.3 is 0 Å². The Morgan fingerprint density at radius 3 is 2.95 bits per heavy atom. The Balaban J connectivity index is 1.81. The number of ketones is 1. The number of oxazole rings is 1. The molecule has 4 heteroatoms. The second-order valence-corrected chi connectivity index (χ2v) is 4.80. The van der Waals surface area contributed by atoms with E-state index in [1.807, 2.05) is 19.1 Å². The van der Waals surface area contributed by atoms with E-state index in [9.17, 15) is 4.79 Å². The van der Waals surface area contributed by atoms with Crippen LogP contribution in [0.1, 0.15) is 33.3 Å². The maximum atomic E-state index is 12.1. The average molecular weight is 269 g/mol. The number of benzene rings is 1. The molecule has 20 heavy (non-hydrogen) atoms. The summed E-state index contributed by atoms with van der Waals surface area (Å²) >= 11 is 0. The number of carbonyl (C=O) groups is 1. The molecule has 0 radical (unpaired) electrons. The lowest BCUT2D eigenvalue weighted by molar-refractivity contribution is 0.104. The van der Waals surface area contributed by atoms with Crippen molar-refractivity contribution in [1.29, 1.82) is 0 Å². The summed E-state index contributed by atoms with van der Waals surface area (Å²) in [6.07, 6.45) is 4.05. The maximum absolute atomic E-state index is 12.1. The molecule has 0 atom stereocenters. The lowest BCUT2D eigenvalue weighted by Crippen LogP contribution is -1.95. The van der Waals surface area contributed by atoms with E-state index in [2.05, 4.69) is 4.98 Å². The molecule has 1 aliphatic heterocycles. The highest BCUT2D eigenvalue weighted by atomic mass is 16.5. The van der Waals surface area contributed by atoms with Crippen LogP contribution in [0.25, 0.3) is 6.08 Å². The van der Waals surface area contributed by atoms with Gasteiger partial charge in [-0.15, -0.1) is 0 Å². The molecule has 0 N–H and O–H groups in total. The number of ether oxygens (including phenoxy) is 1. The number of fused-ring (bicyclic) bond motifs is 1. The molecule has 0 amide bonds. The summed E-state index contributed by atoms with van der Waals surface area (Å²) in [6, 6.07) is 5.54. The van der Waals surface area contributed by atoms with Gasteiger partial charge in [-0.25, -0.2) is 4.98 Å². The van der Waals surface area contributed by atoms with Crippen molar-refractivity contribution in [2.45, 2.75) is 20.3 Å². The topological polar surface area (TPSA) is 52.3 Å². The maximum Gasteiger partial charge on any atom is 0.191 e. The summed E-state index contributed by atoms with van der Waals surface area (Å²) in [4.78, 5) is 16.3. The van der Waals surface area contributed by atoms with Gasteiger partial charge in [0, 0.05) is 18.9 Å². The van der Waals surface area contributed by atoms with Gasteiger partial charge in [-0.05, 0) is 42.8 Å². The van der Waals surface area contributed by atoms with Crippen LogP contribution in [0.15, 0.2) is 28.7 Å². The fraction of sp³-hybridized carbons (Fsp3) is 0.250. The van der Waals surface area contributed by atoms with Crippen LogP contribution in [-0.2, 0) is 6.42 Å². The molecule has 0 fully saturated rings. The van der Waals surface area contributed by atoms with Crippen LogP contribution in [0.3, 0.4) is 0 Å². The third-order valence-corrected chi connectivity index (χ3v) is 3.30. The Kier molecular flexibility index (Phi) is 3.14. The van der Waals surface area contributed by atoms with Crippen molar-refractivity contribution < 1.29 is 13.9 Å². The Morgan fingerprint density at radius 2 is 2.20 bits per heavy atom. The minimum Gasteiger partial charge on any atom is -0.493 e.